The molecule has 1 atom stereocenters. The molecule has 0 aromatic rings. The predicted octanol–water partition coefficient (Wildman–Crippen LogP) is 0.804. The molecular weight excluding hydrogens is 100 g/mol. The van der Waals surface area contributed by atoms with E-state index >= 15 is 0 Å². The molecule has 0 fully saturated rings. The average molecular weight is 114 g/mol. The molecule has 48 valence electrons. The second kappa shape index (κ2) is 4.81. The van der Waals surface area contributed by atoms with E-state index in [0.717, 1.165) is 12.8 Å². The van der Waals surface area contributed by atoms with E-state index in [1.165, 1.54) is 0 Å². The van der Waals surface area contributed by atoms with E-state index in [2.05, 4.69) is 18.9 Å². The van der Waals surface area contributed by atoms with E-state index in [1.807, 2.05) is 6.08 Å². The van der Waals surface area contributed by atoms with Gasteiger partial charge in [0.15, 0.2) is 0 Å². The summed E-state index contributed by atoms with van der Waals surface area (Å²) < 4.78 is 0. The maximum atomic E-state index is 5.17. The van der Waals surface area contributed by atoms with Crippen molar-refractivity contribution in [3.8, 4) is 0 Å². The lowest BCUT2D eigenvalue weighted by molar-refractivity contribution is 0.519. The number of nitrogens with one attached hydrogen (secondary N) is 1. The van der Waals surface area contributed by atoms with Gasteiger partial charge in [-0.15, -0.1) is 6.58 Å². The van der Waals surface area contributed by atoms with Crippen molar-refractivity contribution in [1.82, 2.24) is 5.43 Å². The van der Waals surface area contributed by atoms with E-state index < -0.39 is 0 Å². The van der Waals surface area contributed by atoms with Crippen molar-refractivity contribution in [1.29, 1.82) is 0 Å². The molecule has 0 saturated carbocycles. The van der Waals surface area contributed by atoms with Gasteiger partial charge in [0.25, 0.3) is 0 Å². The summed E-state index contributed by atoms with van der Waals surface area (Å²) in [6, 6.07) is 0.410. The lowest BCUT2D eigenvalue weighted by Crippen LogP contribution is -2.33. The smallest absolute Gasteiger partial charge is 0.0242 e. The van der Waals surface area contributed by atoms with E-state index in [-0.39, 0.29) is 0 Å². The fourth-order valence-corrected chi connectivity index (χ4v) is 0.554. The van der Waals surface area contributed by atoms with Crippen molar-refractivity contribution in [3.63, 3.8) is 0 Å². The quantitative estimate of drug-likeness (QED) is 0.322. The number of rotatable bonds is 4. The maximum absolute atomic E-state index is 5.17. The van der Waals surface area contributed by atoms with E-state index in [0.29, 0.717) is 6.04 Å². The second-order valence-corrected chi connectivity index (χ2v) is 1.80. The molecule has 0 saturated heterocycles. The summed E-state index contributed by atoms with van der Waals surface area (Å²) in [4.78, 5) is 0. The van der Waals surface area contributed by atoms with Crippen molar-refractivity contribution >= 4 is 0 Å². The van der Waals surface area contributed by atoms with Gasteiger partial charge in [-0.1, -0.05) is 13.0 Å². The molecule has 8 heavy (non-hydrogen) atoms. The SMILES string of the molecule is C=CCC(CC)NN. The van der Waals surface area contributed by atoms with Crippen LogP contribution in [0.25, 0.3) is 0 Å². The van der Waals surface area contributed by atoms with Gasteiger partial charge in [0, 0.05) is 6.04 Å². The van der Waals surface area contributed by atoms with Crippen molar-refractivity contribution in [2.45, 2.75) is 25.8 Å². The minimum absolute atomic E-state index is 0.410. The van der Waals surface area contributed by atoms with E-state index in [9.17, 15) is 0 Å². The summed E-state index contributed by atoms with van der Waals surface area (Å²) in [5, 5.41) is 0. The monoisotopic (exact) mass is 114 g/mol. The minimum Gasteiger partial charge on any atom is -0.271 e. The molecule has 0 heterocycles. The van der Waals surface area contributed by atoms with Crippen LogP contribution in [0, 0.1) is 0 Å². The van der Waals surface area contributed by atoms with Crippen molar-refractivity contribution < 1.29 is 0 Å². The maximum Gasteiger partial charge on any atom is 0.0242 e. The molecule has 0 aromatic carbocycles. The van der Waals surface area contributed by atoms with Crippen molar-refractivity contribution in [2.75, 3.05) is 0 Å². The zero-order valence-electron chi connectivity index (χ0n) is 5.35. The summed E-state index contributed by atoms with van der Waals surface area (Å²) in [6.45, 7) is 5.69. The first-order chi connectivity index (χ1) is 3.85. The zero-order valence-corrected chi connectivity index (χ0v) is 5.35. The topological polar surface area (TPSA) is 38.0 Å². The fourth-order valence-electron chi connectivity index (χ4n) is 0.554. The van der Waals surface area contributed by atoms with Crippen LogP contribution in [0.3, 0.4) is 0 Å². The summed E-state index contributed by atoms with van der Waals surface area (Å²) in [5.74, 6) is 5.17. The first-order valence-electron chi connectivity index (χ1n) is 2.92. The van der Waals surface area contributed by atoms with Gasteiger partial charge in [-0.3, -0.25) is 11.3 Å². The van der Waals surface area contributed by atoms with Gasteiger partial charge in [0.2, 0.25) is 0 Å². The highest BCUT2D eigenvalue weighted by Crippen LogP contribution is 1.94. The molecule has 0 aromatic heterocycles. The Bertz CT molecular complexity index is 57.5. The molecule has 0 amide bonds. The molecule has 2 heteroatoms. The summed E-state index contributed by atoms with van der Waals surface area (Å²) in [7, 11) is 0. The van der Waals surface area contributed by atoms with Crippen LogP contribution in [0.1, 0.15) is 19.8 Å². The third kappa shape index (κ3) is 2.77. The molecule has 1 unspecified atom stereocenters. The van der Waals surface area contributed by atoms with Gasteiger partial charge in [-0.25, -0.2) is 0 Å². The van der Waals surface area contributed by atoms with Crippen LogP contribution in [-0.2, 0) is 0 Å². The number of nitrogens with two attached hydrogens (primary N) is 1. The summed E-state index contributed by atoms with van der Waals surface area (Å²) >= 11 is 0. The Morgan fingerprint density at radius 1 is 1.88 bits per heavy atom. The predicted molar refractivity (Wildman–Crippen MR) is 36.2 cm³/mol. The van der Waals surface area contributed by atoms with E-state index in [4.69, 9.17) is 5.84 Å². The molecule has 0 aliphatic heterocycles. The lowest BCUT2D eigenvalue weighted by atomic mass is 10.2. The van der Waals surface area contributed by atoms with Crippen molar-refractivity contribution in [2.24, 2.45) is 5.84 Å². The number of hydrogen-bond donors (Lipinski definition) is 2. The van der Waals surface area contributed by atoms with E-state index in [1.54, 1.807) is 0 Å². The molecule has 0 aliphatic carbocycles. The highest BCUT2D eigenvalue weighted by atomic mass is 15.2. The molecule has 3 N–H and O–H groups in total. The molecule has 0 rings (SSSR count). The van der Waals surface area contributed by atoms with Crippen LogP contribution in [-0.4, -0.2) is 6.04 Å². The Balaban J connectivity index is 3.20. The van der Waals surface area contributed by atoms with Crippen LogP contribution >= 0.6 is 0 Å². The third-order valence-electron chi connectivity index (χ3n) is 1.18. The van der Waals surface area contributed by atoms with Gasteiger partial charge in [-0.05, 0) is 12.8 Å². The standard InChI is InChI=1S/C6H14N2/c1-3-5-6(4-2)8-7/h3,6,8H,1,4-5,7H2,2H3. The highest BCUT2D eigenvalue weighted by molar-refractivity contribution is 4.74. The second-order valence-electron chi connectivity index (χ2n) is 1.80. The van der Waals surface area contributed by atoms with Crippen LogP contribution in [0.2, 0.25) is 0 Å². The largest absolute Gasteiger partial charge is 0.271 e. The first kappa shape index (κ1) is 7.66. The minimum atomic E-state index is 0.410. The molecule has 0 radical (unpaired) electrons. The zero-order chi connectivity index (χ0) is 6.41. The Morgan fingerprint density at radius 2 is 2.50 bits per heavy atom. The van der Waals surface area contributed by atoms with Gasteiger partial charge >= 0.3 is 0 Å². The third-order valence-corrected chi connectivity index (χ3v) is 1.18. The Morgan fingerprint density at radius 3 is 2.62 bits per heavy atom. The van der Waals surface area contributed by atoms with Gasteiger partial charge in [0.05, 0.1) is 0 Å². The van der Waals surface area contributed by atoms with Gasteiger partial charge in [-0.2, -0.15) is 0 Å². The highest BCUT2D eigenvalue weighted by Gasteiger charge is 1.96. The molecule has 0 spiro atoms. The normalized spacial score (nSPS) is 13.2. The number of hydrogen-bond acceptors (Lipinski definition) is 2. The fraction of sp³-hybridized carbons (Fsp3) is 0.667. The Kier molecular flexibility index (Phi) is 4.61. The van der Waals surface area contributed by atoms with Crippen molar-refractivity contribution in [3.05, 3.63) is 12.7 Å². The van der Waals surface area contributed by atoms with Crippen LogP contribution in [0.4, 0.5) is 0 Å². The summed E-state index contributed by atoms with van der Waals surface area (Å²) in [5.41, 5.74) is 2.68. The average Bonchev–Trinajstić information content (AvgIpc) is 1.83. The van der Waals surface area contributed by atoms with Crippen LogP contribution in [0.15, 0.2) is 12.7 Å². The Hall–Kier alpha value is -0.340. The molecule has 0 aliphatic rings. The van der Waals surface area contributed by atoms with Crippen LogP contribution < -0.4 is 11.3 Å². The first-order valence-corrected chi connectivity index (χ1v) is 2.92. The lowest BCUT2D eigenvalue weighted by Gasteiger charge is -2.08. The molecular formula is C6H14N2. The van der Waals surface area contributed by atoms with Gasteiger partial charge in [0.1, 0.15) is 0 Å². The number of hydrazine groups is 1. The molecule has 0 bridgehead atoms. The van der Waals surface area contributed by atoms with Crippen LogP contribution in [0.5, 0.6) is 0 Å². The molecule has 2 nitrogen and oxygen atoms in total. The Labute approximate surface area is 50.7 Å². The van der Waals surface area contributed by atoms with Gasteiger partial charge < -0.3 is 0 Å². The summed E-state index contributed by atoms with van der Waals surface area (Å²) in [6.07, 6.45) is 3.88.